The average Bonchev–Trinajstić information content (AvgIpc) is 2.62. The van der Waals surface area contributed by atoms with Crippen LogP contribution in [-0.2, 0) is 14.8 Å². The van der Waals surface area contributed by atoms with E-state index < -0.39 is 15.9 Å². The Morgan fingerprint density at radius 1 is 1.23 bits per heavy atom. The molecule has 1 aliphatic rings. The van der Waals surface area contributed by atoms with Gasteiger partial charge in [-0.15, -0.1) is 0 Å². The van der Waals surface area contributed by atoms with Gasteiger partial charge in [0.15, 0.2) is 0 Å². The number of carbonyl (C=O) groups excluding carboxylic acids is 1. The van der Waals surface area contributed by atoms with Crippen molar-refractivity contribution < 1.29 is 17.9 Å². The van der Waals surface area contributed by atoms with Gasteiger partial charge >= 0.3 is 0 Å². The van der Waals surface area contributed by atoms with Gasteiger partial charge in [-0.25, -0.2) is 13.4 Å². The number of aromatic nitrogens is 1. The van der Waals surface area contributed by atoms with Crippen molar-refractivity contribution in [3.8, 4) is 0 Å². The van der Waals surface area contributed by atoms with E-state index in [2.05, 4.69) is 26.2 Å². The molecule has 1 aromatic carbocycles. The highest BCUT2D eigenvalue weighted by molar-refractivity contribution is 9.10. The molecular weight excluding hydrogens is 422 g/mol. The van der Waals surface area contributed by atoms with E-state index in [1.54, 1.807) is 24.4 Å². The van der Waals surface area contributed by atoms with Crippen LogP contribution in [0, 0.1) is 6.92 Å². The van der Waals surface area contributed by atoms with Crippen molar-refractivity contribution in [1.82, 2.24) is 9.29 Å². The molecule has 1 N–H and O–H groups in total. The Hall–Kier alpha value is -1.81. The molecule has 1 amide bonds. The van der Waals surface area contributed by atoms with Gasteiger partial charge in [0.25, 0.3) is 5.91 Å². The van der Waals surface area contributed by atoms with E-state index in [1.165, 1.54) is 10.4 Å². The van der Waals surface area contributed by atoms with Gasteiger partial charge in [0.1, 0.15) is 5.82 Å². The minimum Gasteiger partial charge on any atom is -0.379 e. The van der Waals surface area contributed by atoms with E-state index in [9.17, 15) is 13.2 Å². The topological polar surface area (TPSA) is 88.6 Å². The van der Waals surface area contributed by atoms with Crippen molar-refractivity contribution in [3.63, 3.8) is 0 Å². The maximum absolute atomic E-state index is 12.9. The van der Waals surface area contributed by atoms with Crippen molar-refractivity contribution >= 4 is 37.7 Å². The van der Waals surface area contributed by atoms with Gasteiger partial charge < -0.3 is 10.1 Å². The van der Waals surface area contributed by atoms with E-state index in [0.29, 0.717) is 36.6 Å². The molecule has 138 valence electrons. The lowest BCUT2D eigenvalue weighted by molar-refractivity contribution is 0.0730. The first-order chi connectivity index (χ1) is 12.4. The molecule has 0 unspecified atom stereocenters. The molecule has 0 radical (unpaired) electrons. The smallest absolute Gasteiger partial charge is 0.256 e. The molecule has 1 aromatic heterocycles. The van der Waals surface area contributed by atoms with Gasteiger partial charge in [-0.2, -0.15) is 4.31 Å². The number of hydrogen-bond donors (Lipinski definition) is 1. The zero-order chi connectivity index (χ0) is 18.7. The summed E-state index contributed by atoms with van der Waals surface area (Å²) in [5.41, 5.74) is 1.20. The highest BCUT2D eigenvalue weighted by Gasteiger charge is 2.29. The molecule has 1 saturated heterocycles. The number of pyridine rings is 1. The summed E-state index contributed by atoms with van der Waals surface area (Å²) in [6.45, 7) is 3.19. The van der Waals surface area contributed by atoms with Gasteiger partial charge in [-0.1, -0.05) is 0 Å². The predicted molar refractivity (Wildman–Crippen MR) is 101 cm³/mol. The number of benzene rings is 1. The fourth-order valence-electron chi connectivity index (χ4n) is 2.56. The van der Waals surface area contributed by atoms with Crippen molar-refractivity contribution in [2.75, 3.05) is 31.6 Å². The Balaban J connectivity index is 1.88. The second-order valence-electron chi connectivity index (χ2n) is 5.83. The molecule has 0 bridgehead atoms. The number of anilines is 1. The summed E-state index contributed by atoms with van der Waals surface area (Å²) in [6, 6.07) is 8.06. The van der Waals surface area contributed by atoms with Crippen molar-refractivity contribution in [2.45, 2.75) is 11.8 Å². The number of morpholine rings is 1. The Kier molecular flexibility index (Phi) is 5.71. The minimum absolute atomic E-state index is 0.0595. The number of sulfonamides is 1. The molecule has 0 atom stereocenters. The van der Waals surface area contributed by atoms with E-state index in [4.69, 9.17) is 4.74 Å². The lowest BCUT2D eigenvalue weighted by Crippen LogP contribution is -2.40. The molecule has 0 spiro atoms. The van der Waals surface area contributed by atoms with Crippen LogP contribution in [0.15, 0.2) is 45.9 Å². The van der Waals surface area contributed by atoms with Gasteiger partial charge in [0, 0.05) is 29.3 Å². The lowest BCUT2D eigenvalue weighted by Gasteiger charge is -2.26. The molecule has 0 saturated carbocycles. The van der Waals surface area contributed by atoms with Gasteiger partial charge in [-0.3, -0.25) is 4.79 Å². The van der Waals surface area contributed by atoms with Crippen LogP contribution in [0.5, 0.6) is 0 Å². The molecule has 1 fully saturated rings. The lowest BCUT2D eigenvalue weighted by atomic mass is 10.2. The Morgan fingerprint density at radius 2 is 1.96 bits per heavy atom. The highest BCUT2D eigenvalue weighted by atomic mass is 79.9. The molecular formula is C17H18BrN3O4S. The third-order valence-electron chi connectivity index (χ3n) is 3.94. The Labute approximate surface area is 160 Å². The molecule has 9 heteroatoms. The van der Waals surface area contributed by atoms with E-state index in [-0.39, 0.29) is 10.5 Å². The monoisotopic (exact) mass is 439 g/mol. The highest BCUT2D eigenvalue weighted by Crippen LogP contribution is 2.27. The number of amides is 1. The largest absolute Gasteiger partial charge is 0.379 e. The maximum atomic E-state index is 12.9. The van der Waals surface area contributed by atoms with Crippen molar-refractivity contribution in [2.24, 2.45) is 0 Å². The number of nitrogens with one attached hydrogen (secondary N) is 1. The van der Waals surface area contributed by atoms with Crippen LogP contribution in [-0.4, -0.2) is 49.9 Å². The van der Waals surface area contributed by atoms with Gasteiger partial charge in [0.05, 0.1) is 18.1 Å². The number of halogens is 1. The summed E-state index contributed by atoms with van der Waals surface area (Å²) in [4.78, 5) is 16.6. The Bertz CT molecular complexity index is 927. The summed E-state index contributed by atoms with van der Waals surface area (Å²) >= 11 is 3.28. The quantitative estimate of drug-likeness (QED) is 0.789. The first kappa shape index (κ1) is 19.0. The number of carbonyl (C=O) groups is 1. The zero-order valence-corrected chi connectivity index (χ0v) is 16.5. The van der Waals surface area contributed by atoms with E-state index in [0.717, 1.165) is 5.56 Å². The first-order valence-electron chi connectivity index (χ1n) is 7.99. The normalized spacial score (nSPS) is 15.6. The average molecular weight is 440 g/mol. The van der Waals surface area contributed by atoms with Crippen LogP contribution < -0.4 is 5.32 Å². The molecule has 2 aromatic rings. The van der Waals surface area contributed by atoms with Crippen LogP contribution in [0.2, 0.25) is 0 Å². The standard InChI is InChI=1S/C17H18BrN3O4S/c1-12-4-5-19-16(10-12)20-17(22)13-2-3-14(18)15(11-13)26(23,24)21-6-8-25-9-7-21/h2-5,10-11H,6-9H2,1H3,(H,19,20,22). The van der Waals surface area contributed by atoms with Crippen molar-refractivity contribution in [1.29, 1.82) is 0 Å². The number of rotatable bonds is 4. The number of hydrogen-bond acceptors (Lipinski definition) is 5. The van der Waals surface area contributed by atoms with Gasteiger partial charge in [-0.05, 0) is 58.7 Å². The fourth-order valence-corrected chi connectivity index (χ4v) is 4.92. The molecule has 26 heavy (non-hydrogen) atoms. The predicted octanol–water partition coefficient (Wildman–Crippen LogP) is 2.43. The van der Waals surface area contributed by atoms with E-state index in [1.807, 2.05) is 13.0 Å². The molecule has 1 aliphatic heterocycles. The summed E-state index contributed by atoms with van der Waals surface area (Å²) in [7, 11) is -3.72. The van der Waals surface area contributed by atoms with Crippen LogP contribution in [0.1, 0.15) is 15.9 Å². The number of ether oxygens (including phenoxy) is 1. The third-order valence-corrected chi connectivity index (χ3v) is 6.83. The van der Waals surface area contributed by atoms with Crippen LogP contribution in [0.25, 0.3) is 0 Å². The minimum atomic E-state index is -3.72. The molecule has 2 heterocycles. The summed E-state index contributed by atoms with van der Waals surface area (Å²) in [6.07, 6.45) is 1.60. The summed E-state index contributed by atoms with van der Waals surface area (Å²) in [5, 5.41) is 2.68. The van der Waals surface area contributed by atoms with Crippen LogP contribution in [0.3, 0.4) is 0 Å². The number of nitrogens with zero attached hydrogens (tertiary/aromatic N) is 2. The summed E-state index contributed by atoms with van der Waals surface area (Å²) in [5.74, 6) is -0.00969. The first-order valence-corrected chi connectivity index (χ1v) is 10.2. The maximum Gasteiger partial charge on any atom is 0.256 e. The molecule has 0 aliphatic carbocycles. The summed E-state index contributed by atoms with van der Waals surface area (Å²) < 4.78 is 32.7. The third kappa shape index (κ3) is 4.12. The van der Waals surface area contributed by atoms with Gasteiger partial charge in [0.2, 0.25) is 10.0 Å². The molecule has 3 rings (SSSR count). The van der Waals surface area contributed by atoms with Crippen LogP contribution in [0.4, 0.5) is 5.82 Å². The SMILES string of the molecule is Cc1ccnc(NC(=O)c2ccc(Br)c(S(=O)(=O)N3CCOCC3)c2)c1. The second-order valence-corrected chi connectivity index (χ2v) is 8.59. The molecule has 7 nitrogen and oxygen atoms in total. The zero-order valence-electron chi connectivity index (χ0n) is 14.1. The Morgan fingerprint density at radius 3 is 2.65 bits per heavy atom. The van der Waals surface area contributed by atoms with Crippen molar-refractivity contribution in [3.05, 3.63) is 52.1 Å². The van der Waals surface area contributed by atoms with E-state index >= 15 is 0 Å². The number of aryl methyl sites for hydroxylation is 1. The fraction of sp³-hybridized carbons (Fsp3) is 0.294. The van der Waals surface area contributed by atoms with Crippen LogP contribution >= 0.6 is 15.9 Å². The second kappa shape index (κ2) is 7.83.